The van der Waals surface area contributed by atoms with Crippen molar-refractivity contribution in [2.45, 2.75) is 58.1 Å². The number of hydrogen-bond donors (Lipinski definition) is 3. The van der Waals surface area contributed by atoms with Crippen molar-refractivity contribution in [3.05, 3.63) is 35.2 Å². The molecule has 0 amide bonds. The van der Waals surface area contributed by atoms with Gasteiger partial charge >= 0.3 is 0 Å². The summed E-state index contributed by atoms with van der Waals surface area (Å²) >= 11 is 0. The molecule has 1 saturated carbocycles. The van der Waals surface area contributed by atoms with Gasteiger partial charge in [-0.2, -0.15) is 4.98 Å². The molecule has 148 valence electrons. The highest BCUT2D eigenvalue weighted by molar-refractivity contribution is 6.07. The van der Waals surface area contributed by atoms with Gasteiger partial charge in [0, 0.05) is 11.3 Å². The number of nitrogens with two attached hydrogens (primary N) is 3. The monoisotopic (exact) mass is 380 g/mol. The lowest BCUT2D eigenvalue weighted by molar-refractivity contribution is 0.260. The standard InChI is InChI=1S/C21H28N6O/c1-3-12-4-6-13(7-5-12)15-9-8-14(10-16(15)22)17-20(24)28-21-18(27-17)19(23)25-11(2)26-21/h8-10,12-13,20H,3-7,22,24H2,1-2H3,(H2,23,25,26). The highest BCUT2D eigenvalue weighted by Gasteiger charge is 2.27. The van der Waals surface area contributed by atoms with Crippen LogP contribution in [-0.4, -0.2) is 21.9 Å². The van der Waals surface area contributed by atoms with Crippen LogP contribution in [0.5, 0.6) is 5.88 Å². The summed E-state index contributed by atoms with van der Waals surface area (Å²) in [6, 6.07) is 6.08. The fraction of sp³-hybridized carbons (Fsp3) is 0.476. The minimum Gasteiger partial charge on any atom is -0.451 e. The molecule has 1 aromatic heterocycles. The van der Waals surface area contributed by atoms with Gasteiger partial charge in [0.1, 0.15) is 11.5 Å². The van der Waals surface area contributed by atoms with E-state index in [-0.39, 0.29) is 5.82 Å². The Bertz CT molecular complexity index is 917. The maximum atomic E-state index is 6.43. The first-order valence-corrected chi connectivity index (χ1v) is 10.0. The molecule has 4 rings (SSSR count). The lowest BCUT2D eigenvalue weighted by atomic mass is 9.77. The average Bonchev–Trinajstić information content (AvgIpc) is 2.67. The fourth-order valence-corrected chi connectivity index (χ4v) is 4.33. The van der Waals surface area contributed by atoms with E-state index in [1.807, 2.05) is 12.1 Å². The molecule has 1 aliphatic heterocycles. The topological polar surface area (TPSA) is 125 Å². The van der Waals surface area contributed by atoms with Gasteiger partial charge in [-0.1, -0.05) is 25.5 Å². The molecule has 1 atom stereocenters. The van der Waals surface area contributed by atoms with Gasteiger partial charge in [-0.15, -0.1) is 0 Å². The molecule has 7 heteroatoms. The maximum Gasteiger partial charge on any atom is 0.247 e. The third-order valence-corrected chi connectivity index (χ3v) is 5.98. The van der Waals surface area contributed by atoms with Crippen molar-refractivity contribution in [3.63, 3.8) is 0 Å². The van der Waals surface area contributed by atoms with Gasteiger partial charge in [0.25, 0.3) is 0 Å². The molecule has 7 nitrogen and oxygen atoms in total. The summed E-state index contributed by atoms with van der Waals surface area (Å²) in [5, 5.41) is 0. The van der Waals surface area contributed by atoms with Gasteiger partial charge in [0.15, 0.2) is 17.7 Å². The van der Waals surface area contributed by atoms with E-state index in [4.69, 9.17) is 21.9 Å². The molecule has 2 aromatic rings. The predicted molar refractivity (Wildman–Crippen MR) is 112 cm³/mol. The number of hydrogen-bond acceptors (Lipinski definition) is 7. The fourth-order valence-electron chi connectivity index (χ4n) is 4.33. The third kappa shape index (κ3) is 3.42. The van der Waals surface area contributed by atoms with E-state index in [0.717, 1.165) is 17.2 Å². The second kappa shape index (κ2) is 7.39. The van der Waals surface area contributed by atoms with E-state index in [9.17, 15) is 0 Å². The summed E-state index contributed by atoms with van der Waals surface area (Å²) in [6.07, 6.45) is 5.50. The zero-order chi connectivity index (χ0) is 19.8. The second-order valence-electron chi connectivity index (χ2n) is 7.81. The SMILES string of the molecule is CCC1CCC(c2ccc(C3=Nc4c(N)nc(C)nc4OC3N)cc2N)CC1. The molecule has 2 heterocycles. The molecule has 0 radical (unpaired) electrons. The van der Waals surface area contributed by atoms with Crippen molar-refractivity contribution in [2.75, 3.05) is 11.5 Å². The second-order valence-corrected chi connectivity index (χ2v) is 7.81. The molecular weight excluding hydrogens is 352 g/mol. The van der Waals surface area contributed by atoms with E-state index in [1.165, 1.54) is 37.7 Å². The Kier molecular flexibility index (Phi) is 4.93. The van der Waals surface area contributed by atoms with Crippen molar-refractivity contribution >= 4 is 22.9 Å². The van der Waals surface area contributed by atoms with E-state index in [2.05, 4.69) is 28.0 Å². The lowest BCUT2D eigenvalue weighted by Crippen LogP contribution is -2.39. The van der Waals surface area contributed by atoms with Crippen molar-refractivity contribution in [1.29, 1.82) is 0 Å². The van der Waals surface area contributed by atoms with Crippen LogP contribution in [-0.2, 0) is 0 Å². The number of benzene rings is 1. The molecule has 2 aliphatic rings. The molecule has 1 fully saturated rings. The number of aliphatic imine (C=N–C) groups is 1. The number of rotatable bonds is 3. The Balaban J connectivity index is 1.63. The van der Waals surface area contributed by atoms with Crippen LogP contribution in [0.1, 0.15) is 61.9 Å². The first-order valence-electron chi connectivity index (χ1n) is 10.0. The number of anilines is 2. The van der Waals surface area contributed by atoms with Crippen LogP contribution >= 0.6 is 0 Å². The van der Waals surface area contributed by atoms with Crippen LogP contribution in [0.2, 0.25) is 0 Å². The Hall–Kier alpha value is -2.67. The number of aryl methyl sites for hydroxylation is 1. The summed E-state index contributed by atoms with van der Waals surface area (Å²) in [5.41, 5.74) is 22.5. The Morgan fingerprint density at radius 2 is 1.86 bits per heavy atom. The van der Waals surface area contributed by atoms with Crippen molar-refractivity contribution in [2.24, 2.45) is 16.6 Å². The predicted octanol–water partition coefficient (Wildman–Crippen LogP) is 3.43. The van der Waals surface area contributed by atoms with Gasteiger partial charge in [0.2, 0.25) is 5.88 Å². The first kappa shape index (κ1) is 18.7. The highest BCUT2D eigenvalue weighted by Crippen LogP contribution is 2.40. The third-order valence-electron chi connectivity index (χ3n) is 5.98. The van der Waals surface area contributed by atoms with Crippen LogP contribution in [0, 0.1) is 12.8 Å². The van der Waals surface area contributed by atoms with Crippen molar-refractivity contribution in [3.8, 4) is 5.88 Å². The van der Waals surface area contributed by atoms with Crippen LogP contribution in [0.3, 0.4) is 0 Å². The minimum absolute atomic E-state index is 0.282. The van der Waals surface area contributed by atoms with Gasteiger partial charge in [-0.05, 0) is 56.1 Å². The van der Waals surface area contributed by atoms with E-state index in [0.29, 0.717) is 29.0 Å². The zero-order valence-corrected chi connectivity index (χ0v) is 16.5. The molecule has 6 N–H and O–H groups in total. The highest BCUT2D eigenvalue weighted by atomic mass is 16.5. The summed E-state index contributed by atoms with van der Waals surface area (Å²) in [4.78, 5) is 13.0. The quantitative estimate of drug-likeness (QED) is 0.700. The number of ether oxygens (including phenoxy) is 1. The lowest BCUT2D eigenvalue weighted by Gasteiger charge is -2.29. The Labute approximate surface area is 165 Å². The number of nitrogens with zero attached hydrogens (tertiary/aromatic N) is 3. The molecule has 28 heavy (non-hydrogen) atoms. The van der Waals surface area contributed by atoms with Crippen LogP contribution in [0.4, 0.5) is 17.2 Å². The molecule has 0 saturated heterocycles. The molecular formula is C21H28N6O. The number of fused-ring (bicyclic) bond motifs is 1. The van der Waals surface area contributed by atoms with E-state index in [1.54, 1.807) is 6.92 Å². The summed E-state index contributed by atoms with van der Waals surface area (Å²) in [7, 11) is 0. The van der Waals surface area contributed by atoms with E-state index < -0.39 is 6.23 Å². The van der Waals surface area contributed by atoms with Crippen LogP contribution in [0.15, 0.2) is 23.2 Å². The largest absolute Gasteiger partial charge is 0.451 e. The summed E-state index contributed by atoms with van der Waals surface area (Å²) < 4.78 is 5.75. The maximum absolute atomic E-state index is 6.43. The molecule has 1 unspecified atom stereocenters. The number of nitrogen functional groups attached to an aromatic ring is 2. The molecule has 0 bridgehead atoms. The Morgan fingerprint density at radius 1 is 1.11 bits per heavy atom. The van der Waals surface area contributed by atoms with E-state index >= 15 is 0 Å². The van der Waals surface area contributed by atoms with Crippen LogP contribution in [0.25, 0.3) is 0 Å². The summed E-state index contributed by atoms with van der Waals surface area (Å²) in [5.74, 6) is 2.51. The smallest absolute Gasteiger partial charge is 0.247 e. The first-order chi connectivity index (χ1) is 13.5. The minimum atomic E-state index is -0.730. The zero-order valence-electron chi connectivity index (χ0n) is 16.5. The molecule has 1 aromatic carbocycles. The molecule has 1 aliphatic carbocycles. The van der Waals surface area contributed by atoms with Gasteiger partial charge in [0.05, 0.1) is 0 Å². The van der Waals surface area contributed by atoms with Gasteiger partial charge < -0.3 is 16.2 Å². The average molecular weight is 380 g/mol. The normalized spacial score (nSPS) is 24.2. The van der Waals surface area contributed by atoms with Crippen molar-refractivity contribution < 1.29 is 4.74 Å². The number of aromatic nitrogens is 2. The summed E-state index contributed by atoms with van der Waals surface area (Å²) in [6.45, 7) is 4.03. The van der Waals surface area contributed by atoms with Gasteiger partial charge in [-0.3, -0.25) is 5.73 Å². The van der Waals surface area contributed by atoms with Crippen LogP contribution < -0.4 is 21.9 Å². The van der Waals surface area contributed by atoms with Crippen molar-refractivity contribution in [1.82, 2.24) is 9.97 Å². The Morgan fingerprint density at radius 3 is 2.54 bits per heavy atom. The van der Waals surface area contributed by atoms with Gasteiger partial charge in [-0.25, -0.2) is 9.98 Å². The molecule has 0 spiro atoms.